The second-order valence-corrected chi connectivity index (χ2v) is 8.82. The van der Waals surface area contributed by atoms with E-state index in [0.29, 0.717) is 35.7 Å². The van der Waals surface area contributed by atoms with Crippen LogP contribution in [0.2, 0.25) is 5.02 Å². The van der Waals surface area contributed by atoms with E-state index in [1.807, 2.05) is 61.5 Å². The van der Waals surface area contributed by atoms with E-state index < -0.39 is 0 Å². The van der Waals surface area contributed by atoms with Crippen LogP contribution in [-0.4, -0.2) is 22.4 Å². The average molecular weight is 575 g/mol. The van der Waals surface area contributed by atoms with Gasteiger partial charge in [-0.25, -0.2) is 10.4 Å². The molecule has 3 aromatic carbocycles. The highest BCUT2D eigenvalue weighted by molar-refractivity contribution is 14.1. The van der Waals surface area contributed by atoms with E-state index in [-0.39, 0.29) is 0 Å². The molecule has 4 rings (SSSR count). The summed E-state index contributed by atoms with van der Waals surface area (Å²) < 4.78 is 15.0. The number of hydrogen-bond donors (Lipinski definition) is 1. The zero-order chi connectivity index (χ0) is 23.2. The summed E-state index contributed by atoms with van der Waals surface area (Å²) in [6, 6.07) is 19.6. The van der Waals surface area contributed by atoms with Crippen LogP contribution in [0.5, 0.6) is 11.5 Å². The predicted molar refractivity (Wildman–Crippen MR) is 143 cm³/mol. The molecule has 1 aromatic heterocycles. The Morgan fingerprint density at radius 2 is 1.88 bits per heavy atom. The fraction of sp³-hybridized carbons (Fsp3) is 0.200. The fourth-order valence-corrected chi connectivity index (χ4v) is 4.35. The van der Waals surface area contributed by atoms with E-state index in [2.05, 4.69) is 55.7 Å². The summed E-state index contributed by atoms with van der Waals surface area (Å²) in [6.45, 7) is 5.79. The SMILES string of the molecule is CCOc1cc(/C=N\Nc2nc3ccccc3n2CC)cc(I)c1OCc1ccc(Cl)cc1. The van der Waals surface area contributed by atoms with Crippen LogP contribution in [0.15, 0.2) is 65.8 Å². The van der Waals surface area contributed by atoms with Gasteiger partial charge in [-0.3, -0.25) is 0 Å². The average Bonchev–Trinajstić information content (AvgIpc) is 3.17. The van der Waals surface area contributed by atoms with E-state index in [4.69, 9.17) is 21.1 Å². The molecule has 0 unspecified atom stereocenters. The van der Waals surface area contributed by atoms with Crippen molar-refractivity contribution < 1.29 is 9.47 Å². The summed E-state index contributed by atoms with van der Waals surface area (Å²) in [5, 5.41) is 5.12. The number of aryl methyl sites for hydroxylation is 1. The summed E-state index contributed by atoms with van der Waals surface area (Å²) in [4.78, 5) is 4.64. The molecule has 1 heterocycles. The molecule has 0 saturated heterocycles. The third-order valence-corrected chi connectivity index (χ3v) is 6.03. The molecule has 0 atom stereocenters. The molecule has 0 fully saturated rings. The smallest absolute Gasteiger partial charge is 0.224 e. The maximum Gasteiger partial charge on any atom is 0.224 e. The van der Waals surface area contributed by atoms with Gasteiger partial charge in [-0.1, -0.05) is 35.9 Å². The molecule has 0 bridgehead atoms. The first kappa shape index (κ1) is 23.4. The maximum atomic E-state index is 6.09. The number of benzene rings is 3. The molecule has 0 radical (unpaired) electrons. The molecule has 0 aliphatic heterocycles. The quantitative estimate of drug-likeness (QED) is 0.137. The van der Waals surface area contributed by atoms with Crippen molar-refractivity contribution in [3.63, 3.8) is 0 Å². The number of ether oxygens (including phenoxy) is 2. The number of fused-ring (bicyclic) bond motifs is 1. The van der Waals surface area contributed by atoms with Crippen molar-refractivity contribution in [1.29, 1.82) is 0 Å². The van der Waals surface area contributed by atoms with Crippen LogP contribution < -0.4 is 14.9 Å². The summed E-state index contributed by atoms with van der Waals surface area (Å²) in [5.74, 6) is 2.10. The molecule has 1 N–H and O–H groups in total. The maximum absolute atomic E-state index is 6.09. The van der Waals surface area contributed by atoms with Gasteiger partial charge < -0.3 is 14.0 Å². The topological polar surface area (TPSA) is 60.7 Å². The molecule has 0 aliphatic carbocycles. The monoisotopic (exact) mass is 574 g/mol. The van der Waals surface area contributed by atoms with E-state index in [1.165, 1.54) is 0 Å². The Morgan fingerprint density at radius 1 is 1.09 bits per heavy atom. The number of rotatable bonds is 9. The van der Waals surface area contributed by atoms with Gasteiger partial charge in [0.05, 0.1) is 27.4 Å². The summed E-state index contributed by atoms with van der Waals surface area (Å²) in [7, 11) is 0. The van der Waals surface area contributed by atoms with Crippen molar-refractivity contribution >= 4 is 57.4 Å². The van der Waals surface area contributed by atoms with Gasteiger partial charge in [0.2, 0.25) is 5.95 Å². The number of nitrogens with zero attached hydrogens (tertiary/aromatic N) is 3. The van der Waals surface area contributed by atoms with Gasteiger partial charge in [-0.15, -0.1) is 0 Å². The van der Waals surface area contributed by atoms with Crippen molar-refractivity contribution in [3.8, 4) is 11.5 Å². The Balaban J connectivity index is 1.52. The van der Waals surface area contributed by atoms with Crippen LogP contribution in [0.4, 0.5) is 5.95 Å². The third kappa shape index (κ3) is 5.59. The summed E-state index contributed by atoms with van der Waals surface area (Å²) in [5.41, 5.74) is 7.02. The minimum Gasteiger partial charge on any atom is -0.490 e. The summed E-state index contributed by atoms with van der Waals surface area (Å²) in [6.07, 6.45) is 1.76. The molecule has 0 saturated carbocycles. The number of nitrogens with one attached hydrogen (secondary N) is 1. The normalized spacial score (nSPS) is 11.3. The second-order valence-electron chi connectivity index (χ2n) is 7.22. The first-order valence-corrected chi connectivity index (χ1v) is 12.1. The standard InChI is InChI=1S/C25H24ClIN4O2/c1-3-31-22-8-6-5-7-21(22)29-25(31)30-28-15-18-13-20(27)24(23(14-18)32-4-2)33-16-17-9-11-19(26)12-10-17/h5-15H,3-4,16H2,1-2H3,(H,29,30)/b28-15-. The molecule has 0 spiro atoms. The van der Waals surface area contributed by atoms with Crippen LogP contribution >= 0.6 is 34.2 Å². The molecule has 170 valence electrons. The zero-order valence-electron chi connectivity index (χ0n) is 18.4. The number of aromatic nitrogens is 2. The zero-order valence-corrected chi connectivity index (χ0v) is 21.3. The van der Waals surface area contributed by atoms with E-state index in [0.717, 1.165) is 32.3 Å². The van der Waals surface area contributed by atoms with Crippen molar-refractivity contribution in [2.24, 2.45) is 5.10 Å². The lowest BCUT2D eigenvalue weighted by atomic mass is 10.2. The molecule has 0 aliphatic rings. The minimum absolute atomic E-state index is 0.426. The van der Waals surface area contributed by atoms with Crippen molar-refractivity contribution in [2.75, 3.05) is 12.0 Å². The first-order valence-electron chi connectivity index (χ1n) is 10.7. The Hall–Kier alpha value is -2.78. The number of halogens is 2. The number of hydrazone groups is 1. The Labute approximate surface area is 211 Å². The van der Waals surface area contributed by atoms with Crippen molar-refractivity contribution in [1.82, 2.24) is 9.55 Å². The summed E-state index contributed by atoms with van der Waals surface area (Å²) >= 11 is 8.23. The molecular formula is C25H24ClIN4O2. The highest BCUT2D eigenvalue weighted by atomic mass is 127. The van der Waals surface area contributed by atoms with Gasteiger partial charge in [-0.2, -0.15) is 5.10 Å². The van der Waals surface area contributed by atoms with Crippen molar-refractivity contribution in [2.45, 2.75) is 27.0 Å². The highest BCUT2D eigenvalue weighted by Crippen LogP contribution is 2.34. The predicted octanol–water partition coefficient (Wildman–Crippen LogP) is 6.74. The molecular weight excluding hydrogens is 551 g/mol. The largest absolute Gasteiger partial charge is 0.490 e. The number of para-hydroxylation sites is 2. The van der Waals surface area contributed by atoms with Crippen LogP contribution in [0.1, 0.15) is 25.0 Å². The second kappa shape index (κ2) is 10.9. The van der Waals surface area contributed by atoms with E-state index in [1.54, 1.807) is 6.21 Å². The Bertz CT molecular complexity index is 1270. The lowest BCUT2D eigenvalue weighted by Gasteiger charge is -2.15. The fourth-order valence-electron chi connectivity index (χ4n) is 3.45. The third-order valence-electron chi connectivity index (χ3n) is 4.98. The van der Waals surface area contributed by atoms with Gasteiger partial charge in [-0.05, 0) is 84.0 Å². The Kier molecular flexibility index (Phi) is 7.72. The molecule has 0 amide bonds. The van der Waals surface area contributed by atoms with Gasteiger partial charge in [0.15, 0.2) is 11.5 Å². The molecule has 4 aromatic rings. The van der Waals surface area contributed by atoms with Gasteiger partial charge in [0.1, 0.15) is 6.61 Å². The number of imidazole rings is 1. The van der Waals surface area contributed by atoms with Crippen LogP contribution in [0.25, 0.3) is 11.0 Å². The van der Waals surface area contributed by atoms with Crippen molar-refractivity contribution in [3.05, 3.63) is 80.4 Å². The Morgan fingerprint density at radius 3 is 2.64 bits per heavy atom. The van der Waals surface area contributed by atoms with Crippen LogP contribution in [0, 0.1) is 3.57 Å². The first-order chi connectivity index (χ1) is 16.1. The number of hydrogen-bond acceptors (Lipinski definition) is 5. The lowest BCUT2D eigenvalue weighted by Crippen LogP contribution is -2.03. The molecule has 6 nitrogen and oxygen atoms in total. The van der Waals surface area contributed by atoms with Gasteiger partial charge in [0, 0.05) is 11.6 Å². The van der Waals surface area contributed by atoms with Crippen LogP contribution in [0.3, 0.4) is 0 Å². The van der Waals surface area contributed by atoms with Gasteiger partial charge in [0.25, 0.3) is 0 Å². The van der Waals surface area contributed by atoms with Gasteiger partial charge >= 0.3 is 0 Å². The molecule has 33 heavy (non-hydrogen) atoms. The minimum atomic E-state index is 0.426. The number of anilines is 1. The lowest BCUT2D eigenvalue weighted by molar-refractivity contribution is 0.267. The van der Waals surface area contributed by atoms with Crippen LogP contribution in [-0.2, 0) is 13.2 Å². The van der Waals surface area contributed by atoms with E-state index in [9.17, 15) is 0 Å². The highest BCUT2D eigenvalue weighted by Gasteiger charge is 2.13. The molecule has 8 heteroatoms. The van der Waals surface area contributed by atoms with E-state index >= 15 is 0 Å².